The van der Waals surface area contributed by atoms with Crippen molar-refractivity contribution in [1.29, 1.82) is 0 Å². The van der Waals surface area contributed by atoms with Gasteiger partial charge in [-0.05, 0) is 26.0 Å². The van der Waals surface area contributed by atoms with E-state index < -0.39 is 6.09 Å². The molecule has 0 aromatic carbocycles. The van der Waals surface area contributed by atoms with E-state index in [0.717, 1.165) is 0 Å². The minimum atomic E-state index is -1.10. The molecule has 2 heterocycles. The molecule has 2 rings (SSSR count). The molecular formula is C12H14N4O3. The van der Waals surface area contributed by atoms with E-state index in [0.29, 0.717) is 34.1 Å². The molecule has 0 saturated heterocycles. The Morgan fingerprint density at radius 1 is 1.42 bits per heavy atom. The fraction of sp³-hybridized carbons (Fsp3) is 0.250. The second-order valence-corrected chi connectivity index (χ2v) is 4.11. The number of nitrogens with one attached hydrogen (secondary N) is 1. The van der Waals surface area contributed by atoms with Gasteiger partial charge in [0.25, 0.3) is 0 Å². The molecule has 0 aliphatic heterocycles. The number of pyridine rings is 1. The zero-order chi connectivity index (χ0) is 14.0. The van der Waals surface area contributed by atoms with Gasteiger partial charge < -0.3 is 20.7 Å². The lowest BCUT2D eigenvalue weighted by Gasteiger charge is -2.04. The van der Waals surface area contributed by atoms with Crippen molar-refractivity contribution in [3.8, 4) is 11.5 Å². The summed E-state index contributed by atoms with van der Waals surface area (Å²) in [6.45, 7) is 3.65. The molecule has 2 aromatic heterocycles. The number of amides is 1. The second kappa shape index (κ2) is 4.97. The molecule has 7 heteroatoms. The normalized spacial score (nSPS) is 10.4. The summed E-state index contributed by atoms with van der Waals surface area (Å²) in [5.41, 5.74) is 8.85. The predicted molar refractivity (Wildman–Crippen MR) is 68.5 cm³/mol. The number of aryl methyl sites for hydroxylation is 2. The minimum absolute atomic E-state index is 0.116. The van der Waals surface area contributed by atoms with Crippen LogP contribution in [-0.2, 0) is 6.54 Å². The lowest BCUT2D eigenvalue weighted by atomic mass is 10.1. The molecule has 0 atom stereocenters. The molecule has 0 aliphatic rings. The number of carbonyl (C=O) groups is 1. The van der Waals surface area contributed by atoms with Crippen LogP contribution in [0.25, 0.3) is 11.5 Å². The quantitative estimate of drug-likeness (QED) is 0.775. The minimum Gasteiger partial charge on any atom is -0.465 e. The van der Waals surface area contributed by atoms with E-state index in [1.807, 2.05) is 0 Å². The van der Waals surface area contributed by atoms with E-state index in [9.17, 15) is 4.79 Å². The molecule has 19 heavy (non-hydrogen) atoms. The number of anilines is 1. The Morgan fingerprint density at radius 3 is 2.79 bits per heavy atom. The molecule has 0 bridgehead atoms. The summed E-state index contributed by atoms with van der Waals surface area (Å²) in [7, 11) is 0. The Hall–Kier alpha value is -2.57. The maximum Gasteiger partial charge on any atom is 0.404 e. The van der Waals surface area contributed by atoms with Crippen molar-refractivity contribution in [3.05, 3.63) is 29.1 Å². The molecule has 0 spiro atoms. The summed E-state index contributed by atoms with van der Waals surface area (Å²) in [5, 5.41) is 14.8. The van der Waals surface area contributed by atoms with Crippen molar-refractivity contribution >= 4 is 11.8 Å². The van der Waals surface area contributed by atoms with Gasteiger partial charge in [0.05, 0.1) is 23.6 Å². The molecule has 0 unspecified atom stereocenters. The molecule has 0 fully saturated rings. The van der Waals surface area contributed by atoms with Crippen LogP contribution in [0.5, 0.6) is 0 Å². The molecule has 7 nitrogen and oxygen atoms in total. The molecule has 4 N–H and O–H groups in total. The average molecular weight is 262 g/mol. The second-order valence-electron chi connectivity index (χ2n) is 4.11. The monoisotopic (exact) mass is 262 g/mol. The van der Waals surface area contributed by atoms with E-state index in [-0.39, 0.29) is 6.54 Å². The maximum absolute atomic E-state index is 10.6. The molecule has 0 radical (unpaired) electrons. The number of hydrogen-bond donors (Lipinski definition) is 3. The third-order valence-electron chi connectivity index (χ3n) is 2.76. The number of carboxylic acid groups (broad SMARTS) is 1. The van der Waals surface area contributed by atoms with E-state index in [2.05, 4.69) is 15.5 Å². The van der Waals surface area contributed by atoms with Crippen molar-refractivity contribution in [2.24, 2.45) is 0 Å². The molecular weight excluding hydrogens is 248 g/mol. The van der Waals surface area contributed by atoms with Crippen molar-refractivity contribution in [1.82, 2.24) is 15.5 Å². The van der Waals surface area contributed by atoms with E-state index in [1.54, 1.807) is 26.0 Å². The van der Waals surface area contributed by atoms with Gasteiger partial charge in [-0.25, -0.2) is 9.78 Å². The number of aromatic nitrogens is 2. The van der Waals surface area contributed by atoms with Gasteiger partial charge in [0.2, 0.25) is 0 Å². The summed E-state index contributed by atoms with van der Waals surface area (Å²) < 4.78 is 5.22. The molecule has 0 saturated carbocycles. The first-order valence-electron chi connectivity index (χ1n) is 5.64. The number of hydrogen-bond acceptors (Lipinski definition) is 5. The average Bonchev–Trinajstić information content (AvgIpc) is 2.71. The third-order valence-corrected chi connectivity index (χ3v) is 2.76. The fourth-order valence-electron chi connectivity index (χ4n) is 1.66. The molecule has 2 aromatic rings. The van der Waals surface area contributed by atoms with Crippen molar-refractivity contribution in [2.45, 2.75) is 20.4 Å². The van der Waals surface area contributed by atoms with Gasteiger partial charge >= 0.3 is 6.09 Å². The maximum atomic E-state index is 10.6. The smallest absolute Gasteiger partial charge is 0.404 e. The highest BCUT2D eigenvalue weighted by molar-refractivity contribution is 5.66. The highest BCUT2D eigenvalue weighted by Crippen LogP contribution is 2.26. The van der Waals surface area contributed by atoms with Crippen LogP contribution in [0.3, 0.4) is 0 Å². The lowest BCUT2D eigenvalue weighted by Crippen LogP contribution is -2.20. The Bertz CT molecular complexity index is 621. The highest BCUT2D eigenvalue weighted by Gasteiger charge is 2.17. The number of nitrogen functional groups attached to an aromatic ring is 1. The highest BCUT2D eigenvalue weighted by atomic mass is 16.5. The van der Waals surface area contributed by atoms with Gasteiger partial charge in [-0.2, -0.15) is 0 Å². The van der Waals surface area contributed by atoms with E-state index in [1.165, 1.54) is 0 Å². The standard InChI is InChI=1S/C12H14N4O3/c1-6-8(5-14-12(17)18)11(19-16-6)10-4-3-9(13)7(2)15-10/h3-4,14H,5,13H2,1-2H3,(H,17,18). The largest absolute Gasteiger partial charge is 0.465 e. The summed E-state index contributed by atoms with van der Waals surface area (Å²) >= 11 is 0. The Morgan fingerprint density at radius 2 is 2.16 bits per heavy atom. The van der Waals surface area contributed by atoms with Crippen LogP contribution >= 0.6 is 0 Å². The van der Waals surface area contributed by atoms with Crippen molar-refractivity contribution < 1.29 is 14.4 Å². The van der Waals surface area contributed by atoms with Gasteiger partial charge in [0.1, 0.15) is 5.69 Å². The first-order valence-corrected chi connectivity index (χ1v) is 5.64. The third kappa shape index (κ3) is 2.65. The van der Waals surface area contributed by atoms with Crippen LogP contribution < -0.4 is 11.1 Å². The summed E-state index contributed by atoms with van der Waals surface area (Å²) in [6, 6.07) is 3.44. The summed E-state index contributed by atoms with van der Waals surface area (Å²) in [5.74, 6) is 0.453. The number of nitrogens with zero attached hydrogens (tertiary/aromatic N) is 2. The van der Waals surface area contributed by atoms with Crippen LogP contribution in [0.4, 0.5) is 10.5 Å². The van der Waals surface area contributed by atoms with Gasteiger partial charge in [0.15, 0.2) is 5.76 Å². The van der Waals surface area contributed by atoms with Gasteiger partial charge in [-0.1, -0.05) is 5.16 Å². The van der Waals surface area contributed by atoms with E-state index in [4.69, 9.17) is 15.4 Å². The van der Waals surface area contributed by atoms with Crippen molar-refractivity contribution in [3.63, 3.8) is 0 Å². The lowest BCUT2D eigenvalue weighted by molar-refractivity contribution is 0.194. The predicted octanol–water partition coefficient (Wildman–Crippen LogP) is 1.70. The molecule has 0 aliphatic carbocycles. The van der Waals surface area contributed by atoms with Crippen LogP contribution in [0.1, 0.15) is 17.0 Å². The van der Waals surface area contributed by atoms with E-state index >= 15 is 0 Å². The zero-order valence-electron chi connectivity index (χ0n) is 10.6. The molecule has 100 valence electrons. The topological polar surface area (TPSA) is 114 Å². The van der Waals surface area contributed by atoms with Crippen LogP contribution in [0, 0.1) is 13.8 Å². The number of rotatable bonds is 3. The Kier molecular flexibility index (Phi) is 3.37. The van der Waals surface area contributed by atoms with Gasteiger partial charge in [0, 0.05) is 5.56 Å². The summed E-state index contributed by atoms with van der Waals surface area (Å²) in [6.07, 6.45) is -1.10. The first kappa shape index (κ1) is 12.9. The Balaban J connectivity index is 2.38. The molecule has 1 amide bonds. The van der Waals surface area contributed by atoms with Crippen LogP contribution in [0.15, 0.2) is 16.7 Å². The van der Waals surface area contributed by atoms with Crippen molar-refractivity contribution in [2.75, 3.05) is 5.73 Å². The first-order chi connectivity index (χ1) is 8.99. The zero-order valence-corrected chi connectivity index (χ0v) is 10.6. The summed E-state index contributed by atoms with van der Waals surface area (Å²) in [4.78, 5) is 14.9. The van der Waals surface area contributed by atoms with Crippen LogP contribution in [0.2, 0.25) is 0 Å². The Labute approximate surface area is 109 Å². The SMILES string of the molecule is Cc1nc(-c2onc(C)c2CNC(=O)O)ccc1N. The van der Waals surface area contributed by atoms with Gasteiger partial charge in [-0.15, -0.1) is 0 Å². The number of nitrogens with two attached hydrogens (primary N) is 1. The fourth-order valence-corrected chi connectivity index (χ4v) is 1.66. The van der Waals surface area contributed by atoms with Gasteiger partial charge in [-0.3, -0.25) is 0 Å². The van der Waals surface area contributed by atoms with Crippen LogP contribution in [-0.4, -0.2) is 21.3 Å².